The van der Waals surface area contributed by atoms with Crippen LogP contribution in [0, 0.1) is 0 Å². The molecular formula is C26H28F3N9O4. The molecule has 5 N–H and O–H groups in total. The van der Waals surface area contributed by atoms with E-state index in [0.717, 1.165) is 12.3 Å². The zero-order valence-corrected chi connectivity index (χ0v) is 22.3. The number of halogens is 3. The van der Waals surface area contributed by atoms with Gasteiger partial charge in [-0.25, -0.2) is 24.7 Å². The number of aromatic nitrogens is 4. The number of nitrogens with two attached hydrogens (primary N) is 2. The second-order valence-electron chi connectivity index (χ2n) is 9.60. The number of amides is 2. The van der Waals surface area contributed by atoms with E-state index in [0.29, 0.717) is 63.7 Å². The van der Waals surface area contributed by atoms with Crippen molar-refractivity contribution < 1.29 is 32.2 Å². The van der Waals surface area contributed by atoms with Gasteiger partial charge in [-0.05, 0) is 24.3 Å². The van der Waals surface area contributed by atoms with Crippen molar-refractivity contribution in [2.45, 2.75) is 25.1 Å². The summed E-state index contributed by atoms with van der Waals surface area (Å²) in [6.45, 7) is 2.74. The van der Waals surface area contributed by atoms with Crippen LogP contribution in [0.5, 0.6) is 0 Å². The average Bonchev–Trinajstić information content (AvgIpc) is 2.97. The third-order valence-corrected chi connectivity index (χ3v) is 6.86. The maximum Gasteiger partial charge on any atom is 0.418 e. The number of nitrogens with one attached hydrogen (secondary N) is 1. The summed E-state index contributed by atoms with van der Waals surface area (Å²) in [6.07, 6.45) is -2.33. The van der Waals surface area contributed by atoms with Crippen LogP contribution in [0.3, 0.4) is 0 Å². The van der Waals surface area contributed by atoms with Gasteiger partial charge in [0.05, 0.1) is 30.7 Å². The molecule has 0 aliphatic carbocycles. The lowest BCUT2D eigenvalue weighted by Crippen LogP contribution is -2.39. The summed E-state index contributed by atoms with van der Waals surface area (Å²) in [6, 6.07) is 5.67. The summed E-state index contributed by atoms with van der Waals surface area (Å²) >= 11 is 0. The van der Waals surface area contributed by atoms with Crippen LogP contribution < -0.4 is 26.6 Å². The second kappa shape index (κ2) is 12.0. The topological polar surface area (TPSA) is 175 Å². The molecule has 5 rings (SSSR count). The van der Waals surface area contributed by atoms with E-state index in [9.17, 15) is 22.8 Å². The molecule has 0 atom stereocenters. The average molecular weight is 588 g/mol. The van der Waals surface area contributed by atoms with Crippen LogP contribution in [-0.4, -0.2) is 77.4 Å². The van der Waals surface area contributed by atoms with Gasteiger partial charge in [0.25, 0.3) is 5.91 Å². The number of primary amides is 1. The predicted molar refractivity (Wildman–Crippen MR) is 146 cm³/mol. The first-order valence-corrected chi connectivity index (χ1v) is 13.1. The van der Waals surface area contributed by atoms with Crippen molar-refractivity contribution in [1.82, 2.24) is 19.9 Å². The first-order valence-electron chi connectivity index (χ1n) is 13.1. The first-order chi connectivity index (χ1) is 20.1. The molecule has 0 radical (unpaired) electrons. The summed E-state index contributed by atoms with van der Waals surface area (Å²) < 4.78 is 52.3. The summed E-state index contributed by atoms with van der Waals surface area (Å²) in [7, 11) is 0. The fraction of sp³-hybridized carbons (Fsp3) is 0.385. The van der Waals surface area contributed by atoms with Crippen molar-refractivity contribution in [3.63, 3.8) is 0 Å². The molecule has 3 aromatic rings. The van der Waals surface area contributed by atoms with Gasteiger partial charge in [0.15, 0.2) is 17.3 Å². The molecule has 13 nitrogen and oxygen atoms in total. The van der Waals surface area contributed by atoms with Crippen molar-refractivity contribution >= 4 is 35.1 Å². The minimum absolute atomic E-state index is 0.187. The number of nitrogens with zero attached hydrogens (tertiary/aromatic N) is 6. The Morgan fingerprint density at radius 2 is 1.76 bits per heavy atom. The summed E-state index contributed by atoms with van der Waals surface area (Å²) in [5, 5.41) is 2.65. The number of pyridine rings is 2. The van der Waals surface area contributed by atoms with Crippen molar-refractivity contribution in [3.05, 3.63) is 47.9 Å². The van der Waals surface area contributed by atoms with E-state index in [4.69, 9.17) is 20.9 Å². The molecule has 3 aromatic heterocycles. The minimum atomic E-state index is -4.74. The number of morpholine rings is 1. The molecule has 5 heterocycles. The molecule has 2 fully saturated rings. The van der Waals surface area contributed by atoms with E-state index < -0.39 is 29.4 Å². The van der Waals surface area contributed by atoms with Gasteiger partial charge in [0.1, 0.15) is 23.3 Å². The standard InChI is InChI=1S/C26H28F3N9O4/c27-26(28,29)16-3-4-19(38-10-12-41-13-11-38)35-20(16)17-14-33-22(30)21(34-17)24(39)36-23-18(2-1-7-32-23)37-8-5-15(6-9-37)42-25(31)40/h1-4,7,14-15H,5-6,8-13H2,(H2,30,33)(H2,31,40)(H,32,36,39). The maximum absolute atomic E-state index is 14.0. The number of rotatable bonds is 6. The third kappa shape index (κ3) is 6.43. The molecule has 42 heavy (non-hydrogen) atoms. The summed E-state index contributed by atoms with van der Waals surface area (Å²) in [4.78, 5) is 44.8. The molecule has 0 aromatic carbocycles. The smallest absolute Gasteiger partial charge is 0.418 e. The van der Waals surface area contributed by atoms with E-state index in [1.807, 2.05) is 4.90 Å². The molecule has 2 saturated heterocycles. The highest BCUT2D eigenvalue weighted by Gasteiger charge is 2.36. The Morgan fingerprint density at radius 3 is 2.45 bits per heavy atom. The number of ether oxygens (including phenoxy) is 2. The van der Waals surface area contributed by atoms with Crippen LogP contribution in [0.1, 0.15) is 28.9 Å². The highest BCUT2D eigenvalue weighted by atomic mass is 19.4. The zero-order chi connectivity index (χ0) is 29.9. The number of hydrogen-bond donors (Lipinski definition) is 3. The van der Waals surface area contributed by atoms with E-state index >= 15 is 0 Å². The highest BCUT2D eigenvalue weighted by molar-refractivity contribution is 6.06. The Morgan fingerprint density at radius 1 is 1.02 bits per heavy atom. The number of piperidine rings is 1. The van der Waals surface area contributed by atoms with E-state index in [2.05, 4.69) is 25.3 Å². The molecule has 2 amide bonds. The Kier molecular flexibility index (Phi) is 8.24. The van der Waals surface area contributed by atoms with Crippen LogP contribution in [0.4, 0.5) is 41.1 Å². The Balaban J connectivity index is 1.42. The lowest BCUT2D eigenvalue weighted by molar-refractivity contribution is -0.137. The molecular weight excluding hydrogens is 559 g/mol. The number of anilines is 4. The van der Waals surface area contributed by atoms with E-state index in [1.165, 1.54) is 12.3 Å². The number of hydrogen-bond acceptors (Lipinski definition) is 11. The molecule has 0 saturated carbocycles. The molecule has 0 bridgehead atoms. The van der Waals surface area contributed by atoms with Crippen LogP contribution in [0.2, 0.25) is 0 Å². The summed E-state index contributed by atoms with van der Waals surface area (Å²) in [5.41, 5.74) is 9.49. The SMILES string of the molecule is NC(=O)OC1CCN(c2cccnc2NC(=O)c2nc(-c3nc(N4CCOCC4)ccc3C(F)(F)F)cnc2N)CC1. The second-order valence-corrected chi connectivity index (χ2v) is 9.60. The first kappa shape index (κ1) is 28.8. The van der Waals surface area contributed by atoms with Gasteiger partial charge >= 0.3 is 12.3 Å². The van der Waals surface area contributed by atoms with Gasteiger partial charge in [0, 0.05) is 45.2 Å². The van der Waals surface area contributed by atoms with E-state index in [-0.39, 0.29) is 29.1 Å². The molecule has 2 aliphatic heterocycles. The predicted octanol–water partition coefficient (Wildman–Crippen LogP) is 2.69. The van der Waals surface area contributed by atoms with Crippen LogP contribution in [0.25, 0.3) is 11.4 Å². The fourth-order valence-electron chi connectivity index (χ4n) is 4.81. The van der Waals surface area contributed by atoms with Crippen molar-refractivity contribution in [3.8, 4) is 11.4 Å². The minimum Gasteiger partial charge on any atom is -0.446 e. The van der Waals surface area contributed by atoms with Crippen molar-refractivity contribution in [2.24, 2.45) is 5.73 Å². The lowest BCUT2D eigenvalue weighted by Gasteiger charge is -2.33. The number of carbonyl (C=O) groups excluding carboxylic acids is 2. The van der Waals surface area contributed by atoms with Gasteiger partial charge in [-0.2, -0.15) is 13.2 Å². The normalized spacial score (nSPS) is 16.3. The van der Waals surface area contributed by atoms with Crippen LogP contribution in [-0.2, 0) is 15.7 Å². The Bertz CT molecular complexity index is 1460. The fourth-order valence-corrected chi connectivity index (χ4v) is 4.81. The van der Waals surface area contributed by atoms with Gasteiger partial charge < -0.3 is 36.1 Å². The molecule has 2 aliphatic rings. The van der Waals surface area contributed by atoms with Gasteiger partial charge in [-0.1, -0.05) is 0 Å². The largest absolute Gasteiger partial charge is 0.446 e. The van der Waals surface area contributed by atoms with Crippen LogP contribution in [0.15, 0.2) is 36.7 Å². The molecule has 222 valence electrons. The number of carbonyl (C=O) groups is 2. The number of nitrogen functional groups attached to an aromatic ring is 1. The van der Waals surface area contributed by atoms with Crippen molar-refractivity contribution in [1.29, 1.82) is 0 Å². The number of alkyl halides is 3. The van der Waals surface area contributed by atoms with E-state index in [1.54, 1.807) is 17.0 Å². The highest BCUT2D eigenvalue weighted by Crippen LogP contribution is 2.37. The molecule has 0 spiro atoms. The Hall–Kier alpha value is -4.73. The zero-order valence-electron chi connectivity index (χ0n) is 22.3. The van der Waals surface area contributed by atoms with Gasteiger partial charge in [0.2, 0.25) is 0 Å². The summed E-state index contributed by atoms with van der Waals surface area (Å²) in [5.74, 6) is -0.594. The van der Waals surface area contributed by atoms with Gasteiger partial charge in [-0.15, -0.1) is 0 Å². The lowest BCUT2D eigenvalue weighted by atomic mass is 10.1. The van der Waals surface area contributed by atoms with Crippen molar-refractivity contribution in [2.75, 3.05) is 60.2 Å². The maximum atomic E-state index is 14.0. The van der Waals surface area contributed by atoms with Crippen LogP contribution >= 0.6 is 0 Å². The molecule has 16 heteroatoms. The third-order valence-electron chi connectivity index (χ3n) is 6.86. The monoisotopic (exact) mass is 587 g/mol. The van der Waals surface area contributed by atoms with Gasteiger partial charge in [-0.3, -0.25) is 4.79 Å². The Labute approximate surface area is 238 Å². The molecule has 0 unspecified atom stereocenters. The quantitative estimate of drug-likeness (QED) is 0.387.